The fourth-order valence-electron chi connectivity index (χ4n) is 1.53. The third-order valence-electron chi connectivity index (χ3n) is 2.11. The Labute approximate surface area is 60.6 Å². The molecule has 1 aliphatic heterocycles. The van der Waals surface area contributed by atoms with Gasteiger partial charge in [0, 0.05) is 12.6 Å². The van der Waals surface area contributed by atoms with Crippen LogP contribution in [0.1, 0.15) is 13.3 Å². The Morgan fingerprint density at radius 2 is 2.30 bits per heavy atom. The van der Waals surface area contributed by atoms with Crippen LogP contribution in [0.4, 0.5) is 4.39 Å². The summed E-state index contributed by atoms with van der Waals surface area (Å²) in [6, 6.07) is 0.0231. The summed E-state index contributed by atoms with van der Waals surface area (Å²) in [5, 5.41) is 9.13. The molecule has 10 heavy (non-hydrogen) atoms. The summed E-state index contributed by atoms with van der Waals surface area (Å²) in [5.41, 5.74) is 0. The van der Waals surface area contributed by atoms with Gasteiger partial charge in [-0.1, -0.05) is 0 Å². The number of rotatable bonds is 1. The van der Waals surface area contributed by atoms with Gasteiger partial charge in [0.05, 0.1) is 6.10 Å². The van der Waals surface area contributed by atoms with E-state index < -0.39 is 12.3 Å². The van der Waals surface area contributed by atoms with Gasteiger partial charge in [0.1, 0.15) is 6.17 Å². The van der Waals surface area contributed by atoms with Crippen LogP contribution >= 0.6 is 0 Å². The molecule has 0 saturated carbocycles. The number of alkyl halides is 1. The van der Waals surface area contributed by atoms with Crippen molar-refractivity contribution in [2.75, 3.05) is 13.6 Å². The van der Waals surface area contributed by atoms with Crippen LogP contribution in [0.2, 0.25) is 0 Å². The van der Waals surface area contributed by atoms with Gasteiger partial charge in [-0.25, -0.2) is 4.39 Å². The Morgan fingerprint density at radius 1 is 1.70 bits per heavy atom. The van der Waals surface area contributed by atoms with Gasteiger partial charge < -0.3 is 5.11 Å². The van der Waals surface area contributed by atoms with Crippen molar-refractivity contribution in [3.8, 4) is 0 Å². The fraction of sp³-hybridized carbons (Fsp3) is 1.00. The van der Waals surface area contributed by atoms with E-state index in [1.54, 1.807) is 6.92 Å². The molecule has 0 aromatic carbocycles. The molecule has 0 radical (unpaired) electrons. The minimum Gasteiger partial charge on any atom is -0.392 e. The van der Waals surface area contributed by atoms with Crippen molar-refractivity contribution in [3.63, 3.8) is 0 Å². The summed E-state index contributed by atoms with van der Waals surface area (Å²) in [7, 11) is 1.84. The van der Waals surface area contributed by atoms with Crippen LogP contribution in [0.15, 0.2) is 0 Å². The van der Waals surface area contributed by atoms with Gasteiger partial charge >= 0.3 is 0 Å². The number of hydrogen-bond acceptors (Lipinski definition) is 2. The number of halogens is 1. The van der Waals surface area contributed by atoms with E-state index in [1.807, 2.05) is 11.9 Å². The molecule has 1 rings (SSSR count). The minimum atomic E-state index is -0.746. The Kier molecular flexibility index (Phi) is 2.26. The Bertz CT molecular complexity index is 118. The van der Waals surface area contributed by atoms with Gasteiger partial charge in [-0.2, -0.15) is 0 Å². The predicted octanol–water partition coefficient (Wildman–Crippen LogP) is 0.409. The van der Waals surface area contributed by atoms with E-state index in [9.17, 15) is 4.39 Å². The van der Waals surface area contributed by atoms with Gasteiger partial charge in [-0.05, 0) is 20.4 Å². The average molecular weight is 147 g/mol. The molecule has 1 unspecified atom stereocenters. The number of aliphatic hydroxyl groups excluding tert-OH is 1. The number of aliphatic hydroxyl groups is 1. The van der Waals surface area contributed by atoms with E-state index in [1.165, 1.54) is 0 Å². The molecule has 1 fully saturated rings. The number of likely N-dealkylation sites (tertiary alicyclic amines) is 1. The van der Waals surface area contributed by atoms with E-state index in [0.717, 1.165) is 0 Å². The molecule has 0 bridgehead atoms. The number of likely N-dealkylation sites (N-methyl/N-ethyl adjacent to an activating group) is 1. The van der Waals surface area contributed by atoms with E-state index in [-0.39, 0.29) is 6.04 Å². The van der Waals surface area contributed by atoms with Crippen molar-refractivity contribution in [1.29, 1.82) is 0 Å². The minimum absolute atomic E-state index is 0.0231. The lowest BCUT2D eigenvalue weighted by molar-refractivity contribution is 0.101. The zero-order chi connectivity index (χ0) is 7.72. The van der Waals surface area contributed by atoms with Crippen LogP contribution in [0.5, 0.6) is 0 Å². The lowest BCUT2D eigenvalue weighted by Crippen LogP contribution is -2.34. The first-order valence-electron chi connectivity index (χ1n) is 3.63. The molecular weight excluding hydrogens is 133 g/mol. The molecule has 1 aliphatic rings. The highest BCUT2D eigenvalue weighted by atomic mass is 19.1. The molecule has 0 aromatic rings. The SMILES string of the molecule is C[C@H](O)C1C[C@@H](F)CN1C. The van der Waals surface area contributed by atoms with Crippen molar-refractivity contribution in [2.24, 2.45) is 0 Å². The van der Waals surface area contributed by atoms with E-state index in [4.69, 9.17) is 5.11 Å². The summed E-state index contributed by atoms with van der Waals surface area (Å²) in [6.07, 6.45) is -0.677. The highest BCUT2D eigenvalue weighted by Gasteiger charge is 2.31. The summed E-state index contributed by atoms with van der Waals surface area (Å²) in [5.74, 6) is 0. The van der Waals surface area contributed by atoms with Crippen LogP contribution in [0.25, 0.3) is 0 Å². The average Bonchev–Trinajstić information content (AvgIpc) is 2.10. The third-order valence-corrected chi connectivity index (χ3v) is 2.11. The largest absolute Gasteiger partial charge is 0.392 e. The van der Waals surface area contributed by atoms with E-state index in [0.29, 0.717) is 13.0 Å². The first-order chi connectivity index (χ1) is 4.61. The quantitative estimate of drug-likeness (QED) is 0.580. The van der Waals surface area contributed by atoms with E-state index in [2.05, 4.69) is 0 Å². The van der Waals surface area contributed by atoms with Gasteiger partial charge in [0.25, 0.3) is 0 Å². The topological polar surface area (TPSA) is 23.5 Å². The molecule has 1 saturated heterocycles. The molecule has 0 aliphatic carbocycles. The van der Waals surface area contributed by atoms with E-state index >= 15 is 0 Å². The van der Waals surface area contributed by atoms with Crippen LogP contribution in [-0.4, -0.2) is 41.9 Å². The molecule has 1 N–H and O–H groups in total. The monoisotopic (exact) mass is 147 g/mol. The Balaban J connectivity index is 2.46. The predicted molar refractivity (Wildman–Crippen MR) is 37.6 cm³/mol. The second kappa shape index (κ2) is 2.84. The van der Waals surface area contributed by atoms with Crippen molar-refractivity contribution in [1.82, 2.24) is 4.90 Å². The van der Waals surface area contributed by atoms with Crippen molar-refractivity contribution >= 4 is 0 Å². The molecule has 1 heterocycles. The lowest BCUT2D eigenvalue weighted by atomic mass is 10.1. The zero-order valence-electron chi connectivity index (χ0n) is 6.42. The molecule has 2 nitrogen and oxygen atoms in total. The highest BCUT2D eigenvalue weighted by Crippen LogP contribution is 2.20. The van der Waals surface area contributed by atoms with Crippen molar-refractivity contribution in [2.45, 2.75) is 31.7 Å². The van der Waals surface area contributed by atoms with Crippen molar-refractivity contribution < 1.29 is 9.50 Å². The van der Waals surface area contributed by atoms with Gasteiger partial charge in [-0.3, -0.25) is 4.90 Å². The molecule has 0 spiro atoms. The maximum atomic E-state index is 12.6. The fourth-order valence-corrected chi connectivity index (χ4v) is 1.53. The molecule has 0 aromatic heterocycles. The second-order valence-corrected chi connectivity index (χ2v) is 3.08. The summed E-state index contributed by atoms with van der Waals surface area (Å²) in [4.78, 5) is 1.87. The third kappa shape index (κ3) is 1.47. The van der Waals surface area contributed by atoms with Crippen LogP contribution in [0.3, 0.4) is 0 Å². The second-order valence-electron chi connectivity index (χ2n) is 3.08. The first-order valence-corrected chi connectivity index (χ1v) is 3.63. The normalized spacial score (nSPS) is 38.4. The molecule has 60 valence electrons. The van der Waals surface area contributed by atoms with Gasteiger partial charge in [-0.15, -0.1) is 0 Å². The van der Waals surface area contributed by atoms with Gasteiger partial charge in [0.15, 0.2) is 0 Å². The smallest absolute Gasteiger partial charge is 0.114 e. The van der Waals surface area contributed by atoms with Crippen LogP contribution in [-0.2, 0) is 0 Å². The number of hydrogen-bond donors (Lipinski definition) is 1. The van der Waals surface area contributed by atoms with Crippen LogP contribution in [0, 0.1) is 0 Å². The Hall–Kier alpha value is -0.150. The Morgan fingerprint density at radius 3 is 2.50 bits per heavy atom. The molecule has 3 heteroatoms. The molecular formula is C7H14FNO. The standard InChI is InChI=1S/C7H14FNO/c1-5(10)7-3-6(8)4-9(7)2/h5-7,10H,3-4H2,1-2H3/t5-,6+,7?/m0/s1. The summed E-state index contributed by atoms with van der Waals surface area (Å²) < 4.78 is 12.6. The maximum Gasteiger partial charge on any atom is 0.114 e. The first kappa shape index (κ1) is 7.95. The number of nitrogens with zero attached hydrogens (tertiary/aromatic N) is 1. The maximum absolute atomic E-state index is 12.6. The molecule has 3 atom stereocenters. The molecule has 0 amide bonds. The van der Waals surface area contributed by atoms with Crippen LogP contribution < -0.4 is 0 Å². The van der Waals surface area contributed by atoms with Crippen molar-refractivity contribution in [3.05, 3.63) is 0 Å². The van der Waals surface area contributed by atoms with Gasteiger partial charge in [0.2, 0.25) is 0 Å². The lowest BCUT2D eigenvalue weighted by Gasteiger charge is -2.20. The summed E-state index contributed by atoms with van der Waals surface area (Å²) in [6.45, 7) is 2.18. The highest BCUT2D eigenvalue weighted by molar-refractivity contribution is 4.86. The summed E-state index contributed by atoms with van der Waals surface area (Å²) >= 11 is 0. The zero-order valence-corrected chi connectivity index (χ0v) is 6.42.